The third-order valence-corrected chi connectivity index (χ3v) is 3.37. The zero-order chi connectivity index (χ0) is 14.5. The molecule has 0 amide bonds. The third-order valence-electron chi connectivity index (χ3n) is 3.37. The zero-order valence-corrected chi connectivity index (χ0v) is 11.9. The predicted molar refractivity (Wildman–Crippen MR) is 81.5 cm³/mol. The summed E-state index contributed by atoms with van der Waals surface area (Å²) < 4.78 is 12.8. The van der Waals surface area contributed by atoms with E-state index in [1.165, 1.54) is 5.56 Å². The summed E-state index contributed by atoms with van der Waals surface area (Å²) in [5.41, 5.74) is 2.39. The molecular weight excluding hydrogens is 266 g/mol. The van der Waals surface area contributed by atoms with E-state index in [1.807, 2.05) is 18.5 Å². The molecule has 5 heteroatoms. The van der Waals surface area contributed by atoms with Crippen LogP contribution in [0.2, 0.25) is 0 Å². The van der Waals surface area contributed by atoms with Crippen LogP contribution in [0.3, 0.4) is 0 Å². The smallest absolute Gasteiger partial charge is 0.161 e. The number of nitrogens with zero attached hydrogens (tertiary/aromatic N) is 2. The van der Waals surface area contributed by atoms with Gasteiger partial charge in [0.1, 0.15) is 13.2 Å². The van der Waals surface area contributed by atoms with Gasteiger partial charge in [-0.05, 0) is 30.7 Å². The summed E-state index contributed by atoms with van der Waals surface area (Å²) in [5, 5.41) is 7.56. The first-order valence-corrected chi connectivity index (χ1v) is 7.10. The van der Waals surface area contributed by atoms with Crippen LogP contribution in [0.1, 0.15) is 11.1 Å². The Hall–Kier alpha value is -2.27. The molecule has 21 heavy (non-hydrogen) atoms. The van der Waals surface area contributed by atoms with Crippen molar-refractivity contribution in [1.82, 2.24) is 15.1 Å². The number of ether oxygens (including phenoxy) is 2. The molecule has 0 unspecified atom stereocenters. The molecule has 5 nitrogen and oxygen atoms in total. The molecule has 0 bridgehead atoms. The van der Waals surface area contributed by atoms with Crippen LogP contribution in [0.4, 0.5) is 0 Å². The van der Waals surface area contributed by atoms with Gasteiger partial charge in [-0.3, -0.25) is 0 Å². The lowest BCUT2D eigenvalue weighted by atomic mass is 10.1. The zero-order valence-electron chi connectivity index (χ0n) is 11.9. The molecular formula is C16H19N3O2. The molecule has 0 aliphatic carbocycles. The van der Waals surface area contributed by atoms with E-state index in [9.17, 15) is 0 Å². The predicted octanol–water partition coefficient (Wildman–Crippen LogP) is 2.09. The van der Waals surface area contributed by atoms with Crippen molar-refractivity contribution in [3.8, 4) is 11.5 Å². The Labute approximate surface area is 124 Å². The molecule has 1 aromatic carbocycles. The van der Waals surface area contributed by atoms with Gasteiger partial charge in [-0.1, -0.05) is 12.6 Å². The first kappa shape index (κ1) is 13.7. The van der Waals surface area contributed by atoms with Crippen LogP contribution >= 0.6 is 0 Å². The van der Waals surface area contributed by atoms with Gasteiger partial charge in [-0.25, -0.2) is 4.68 Å². The van der Waals surface area contributed by atoms with Crippen molar-refractivity contribution in [3.05, 3.63) is 48.3 Å². The molecule has 0 saturated heterocycles. The number of hydrogen-bond donors (Lipinski definition) is 1. The lowest BCUT2D eigenvalue weighted by molar-refractivity contribution is 0.171. The average Bonchev–Trinajstić information content (AvgIpc) is 2.99. The molecule has 1 aliphatic heterocycles. The summed E-state index contributed by atoms with van der Waals surface area (Å²) in [6, 6.07) is 6.13. The number of hydrogen-bond acceptors (Lipinski definition) is 4. The van der Waals surface area contributed by atoms with E-state index in [-0.39, 0.29) is 0 Å². The highest BCUT2D eigenvalue weighted by Gasteiger charge is 2.11. The minimum absolute atomic E-state index is 0.627. The second-order valence-electron chi connectivity index (χ2n) is 4.92. The van der Waals surface area contributed by atoms with Gasteiger partial charge in [0.2, 0.25) is 0 Å². The minimum Gasteiger partial charge on any atom is -0.486 e. The van der Waals surface area contributed by atoms with Crippen LogP contribution in [0.15, 0.2) is 37.2 Å². The Morgan fingerprint density at radius 1 is 1.24 bits per heavy atom. The monoisotopic (exact) mass is 285 g/mol. The van der Waals surface area contributed by atoms with Crippen LogP contribution in [0.25, 0.3) is 6.20 Å². The summed E-state index contributed by atoms with van der Waals surface area (Å²) >= 11 is 0. The minimum atomic E-state index is 0.627. The maximum absolute atomic E-state index is 5.59. The van der Waals surface area contributed by atoms with Crippen molar-refractivity contribution >= 4 is 6.20 Å². The SMILES string of the molecule is C=Cn1cc(CNCCc2ccc3c(c2)OCCO3)cn1. The van der Waals surface area contributed by atoms with Gasteiger partial charge in [0.25, 0.3) is 0 Å². The van der Waals surface area contributed by atoms with Gasteiger partial charge in [-0.2, -0.15) is 5.10 Å². The van der Waals surface area contributed by atoms with Crippen LogP contribution in [0, 0.1) is 0 Å². The Bertz CT molecular complexity index is 622. The fourth-order valence-electron chi connectivity index (χ4n) is 2.28. The van der Waals surface area contributed by atoms with Gasteiger partial charge >= 0.3 is 0 Å². The summed E-state index contributed by atoms with van der Waals surface area (Å²) in [5.74, 6) is 1.70. The Morgan fingerprint density at radius 3 is 2.90 bits per heavy atom. The van der Waals surface area contributed by atoms with Crippen molar-refractivity contribution in [3.63, 3.8) is 0 Å². The molecule has 0 fully saturated rings. The normalized spacial score (nSPS) is 13.1. The Kier molecular flexibility index (Phi) is 4.21. The topological polar surface area (TPSA) is 48.3 Å². The lowest BCUT2D eigenvalue weighted by Crippen LogP contribution is -2.17. The van der Waals surface area contributed by atoms with Gasteiger partial charge < -0.3 is 14.8 Å². The highest BCUT2D eigenvalue weighted by molar-refractivity contribution is 5.43. The number of rotatable bonds is 6. The molecule has 1 aliphatic rings. The molecule has 2 heterocycles. The summed E-state index contributed by atoms with van der Waals surface area (Å²) in [6.07, 6.45) is 6.44. The molecule has 0 spiro atoms. The standard InChI is InChI=1S/C16H19N3O2/c1-2-19-12-14(11-18-19)10-17-6-5-13-3-4-15-16(9-13)21-8-7-20-15/h2-4,9,11-12,17H,1,5-8,10H2. The fourth-order valence-corrected chi connectivity index (χ4v) is 2.28. The molecule has 0 saturated carbocycles. The highest BCUT2D eigenvalue weighted by atomic mass is 16.6. The molecule has 110 valence electrons. The quantitative estimate of drug-likeness (QED) is 0.826. The first-order chi connectivity index (χ1) is 10.3. The average molecular weight is 285 g/mol. The van der Waals surface area contributed by atoms with E-state index in [2.05, 4.69) is 29.1 Å². The summed E-state index contributed by atoms with van der Waals surface area (Å²) in [4.78, 5) is 0. The van der Waals surface area contributed by atoms with Gasteiger partial charge in [0, 0.05) is 24.5 Å². The van der Waals surface area contributed by atoms with Gasteiger partial charge in [0.15, 0.2) is 11.5 Å². The molecule has 0 atom stereocenters. The van der Waals surface area contributed by atoms with E-state index < -0.39 is 0 Å². The highest BCUT2D eigenvalue weighted by Crippen LogP contribution is 2.30. The van der Waals surface area contributed by atoms with E-state index in [0.29, 0.717) is 13.2 Å². The van der Waals surface area contributed by atoms with Crippen molar-refractivity contribution in [2.24, 2.45) is 0 Å². The second kappa shape index (κ2) is 6.45. The van der Waals surface area contributed by atoms with Crippen molar-refractivity contribution < 1.29 is 9.47 Å². The van der Waals surface area contributed by atoms with Crippen LogP contribution in [0.5, 0.6) is 11.5 Å². The van der Waals surface area contributed by atoms with Crippen molar-refractivity contribution in [1.29, 1.82) is 0 Å². The Morgan fingerprint density at radius 2 is 2.10 bits per heavy atom. The lowest BCUT2D eigenvalue weighted by Gasteiger charge is -2.18. The largest absolute Gasteiger partial charge is 0.486 e. The van der Waals surface area contributed by atoms with Gasteiger partial charge in [-0.15, -0.1) is 0 Å². The summed E-state index contributed by atoms with van der Waals surface area (Å²) in [6.45, 7) is 6.64. The molecule has 1 aromatic heterocycles. The number of benzene rings is 1. The molecule has 1 N–H and O–H groups in total. The Balaban J connectivity index is 1.48. The molecule has 0 radical (unpaired) electrons. The number of aromatic nitrogens is 2. The maximum atomic E-state index is 5.59. The van der Waals surface area contributed by atoms with Crippen LogP contribution < -0.4 is 14.8 Å². The number of nitrogens with one attached hydrogen (secondary N) is 1. The van der Waals surface area contributed by atoms with Crippen molar-refractivity contribution in [2.45, 2.75) is 13.0 Å². The summed E-state index contributed by atoms with van der Waals surface area (Å²) in [7, 11) is 0. The van der Waals surface area contributed by atoms with Gasteiger partial charge in [0.05, 0.1) is 6.20 Å². The third kappa shape index (κ3) is 3.44. The van der Waals surface area contributed by atoms with E-state index in [0.717, 1.165) is 36.6 Å². The number of fused-ring (bicyclic) bond motifs is 1. The van der Waals surface area contributed by atoms with Crippen LogP contribution in [-0.4, -0.2) is 29.5 Å². The van der Waals surface area contributed by atoms with E-state index in [1.54, 1.807) is 10.9 Å². The van der Waals surface area contributed by atoms with Crippen LogP contribution in [-0.2, 0) is 13.0 Å². The second-order valence-corrected chi connectivity index (χ2v) is 4.92. The molecule has 3 rings (SSSR count). The van der Waals surface area contributed by atoms with Crippen molar-refractivity contribution in [2.75, 3.05) is 19.8 Å². The fraction of sp³-hybridized carbons (Fsp3) is 0.312. The van der Waals surface area contributed by atoms with E-state index >= 15 is 0 Å². The maximum Gasteiger partial charge on any atom is 0.161 e. The first-order valence-electron chi connectivity index (χ1n) is 7.10. The van der Waals surface area contributed by atoms with E-state index in [4.69, 9.17) is 9.47 Å². The molecule has 2 aromatic rings.